The molecule has 25 nitrogen and oxygen atoms in total. The van der Waals surface area contributed by atoms with Gasteiger partial charge in [-0.05, 0) is 71.8 Å². The molecule has 330 valence electrons. The Morgan fingerprint density at radius 1 is 0.627 bits per heavy atom. The fourth-order valence-electron chi connectivity index (χ4n) is 5.81. The van der Waals surface area contributed by atoms with Crippen molar-refractivity contribution < 1.29 is 205 Å². The van der Waals surface area contributed by atoms with E-state index in [9.17, 15) is 76.9 Å². The molecule has 0 fully saturated rings. The number of hydrogen-bond acceptors (Lipinski definition) is 25. The summed E-state index contributed by atoms with van der Waals surface area (Å²) in [6.07, 6.45) is 4.64. The van der Waals surface area contributed by atoms with Crippen molar-refractivity contribution in [1.29, 1.82) is 0 Å². The van der Waals surface area contributed by atoms with Gasteiger partial charge < -0.3 is 37.9 Å². The van der Waals surface area contributed by atoms with Crippen molar-refractivity contribution in [3.63, 3.8) is 0 Å². The number of nitrogens with one attached hydrogen (secondary N) is 1. The molecule has 67 heavy (non-hydrogen) atoms. The summed E-state index contributed by atoms with van der Waals surface area (Å²) in [6.45, 7) is 0. The quantitative estimate of drug-likeness (QED) is 0.0599. The molecule has 0 aromatic heterocycles. The number of rotatable bonds is 11. The first-order valence-corrected chi connectivity index (χ1v) is 22.2. The first-order valence-electron chi connectivity index (χ1n) is 16.5. The average Bonchev–Trinajstić information content (AvgIpc) is 3.18. The monoisotopic (exact) mass is 1040 g/mol. The van der Waals surface area contributed by atoms with Crippen molar-refractivity contribution in [2.45, 2.75) is 9.79 Å². The number of allylic oxidation sites excluding steroid dienone is 5. The molecule has 4 N–H and O–H groups in total. The van der Waals surface area contributed by atoms with Crippen molar-refractivity contribution >= 4 is 98.4 Å². The van der Waals surface area contributed by atoms with E-state index < -0.39 is 117 Å². The van der Waals surface area contributed by atoms with Crippen LogP contribution in [0.4, 0.5) is 11.4 Å². The van der Waals surface area contributed by atoms with Crippen molar-refractivity contribution in [2.24, 2.45) is 20.4 Å². The van der Waals surface area contributed by atoms with Gasteiger partial charge in [0.2, 0.25) is 11.6 Å². The van der Waals surface area contributed by atoms with Crippen LogP contribution < -0.4 is 134 Å². The number of benzene rings is 3. The topological polar surface area (TPSA) is 407 Å². The van der Waals surface area contributed by atoms with Crippen LogP contribution in [0.2, 0.25) is 0 Å². The van der Waals surface area contributed by atoms with Crippen molar-refractivity contribution in [1.82, 2.24) is 0 Å². The van der Waals surface area contributed by atoms with E-state index in [0.29, 0.717) is 41.6 Å². The maximum atomic E-state index is 13.3. The predicted octanol–water partition coefficient (Wildman–Crippen LogP) is -11.3. The Bertz CT molecular complexity index is 3320. The second-order valence-electron chi connectivity index (χ2n) is 12.6. The number of ether oxygens (including phenoxy) is 2. The van der Waals surface area contributed by atoms with Gasteiger partial charge in [-0.3, -0.25) is 20.2 Å². The minimum absolute atomic E-state index is 0. The summed E-state index contributed by atoms with van der Waals surface area (Å²) in [4.78, 5) is 22.0. The molecule has 0 saturated carbocycles. The second-order valence-corrected chi connectivity index (χ2v) is 18.0. The number of carbonyl (C=O) groups is 2. The van der Waals surface area contributed by atoms with E-state index in [-0.39, 0.29) is 153 Å². The van der Waals surface area contributed by atoms with Crippen molar-refractivity contribution in [2.75, 3.05) is 24.8 Å². The fourth-order valence-corrected chi connectivity index (χ4v) is 8.15. The number of phenolic OH excluding ortho intramolecular Hbond substituents is 2. The molecule has 0 amide bonds. The molecule has 6 rings (SSSR count). The Morgan fingerprint density at radius 3 is 1.58 bits per heavy atom. The minimum atomic E-state index is -5.51. The van der Waals surface area contributed by atoms with E-state index >= 15 is 0 Å². The van der Waals surface area contributed by atoms with E-state index in [1.54, 1.807) is 0 Å². The molecule has 0 unspecified atom stereocenters. The summed E-state index contributed by atoms with van der Waals surface area (Å²) in [7, 11) is -19.1. The number of carbonyl (C=O) groups excluding carboxylic acids is 2. The van der Waals surface area contributed by atoms with Crippen molar-refractivity contribution in [3.8, 4) is 17.2 Å². The van der Waals surface area contributed by atoms with Gasteiger partial charge >= 0.3 is 118 Å². The maximum absolute atomic E-state index is 13.3. The number of phenols is 2. The van der Waals surface area contributed by atoms with E-state index in [1.807, 2.05) is 0 Å². The molecular formula is C34H22N6Na4O19S4. The van der Waals surface area contributed by atoms with Crippen LogP contribution in [0.5, 0.6) is 17.2 Å². The van der Waals surface area contributed by atoms with Crippen LogP contribution in [0, 0.1) is 0 Å². The molecule has 0 heterocycles. The number of aromatic hydroxyl groups is 2. The molecule has 0 radical (unpaired) electrons. The number of anilines is 2. The summed E-state index contributed by atoms with van der Waals surface area (Å²) in [5.41, 5.74) is -2.76. The van der Waals surface area contributed by atoms with Gasteiger partial charge in [0.25, 0.3) is 0 Å². The standard InChI is InChI=1S/C34H26N6O19S4.4Na/c1-58-25-11-17(3-5-21(25)35-37-31-27(62(52,53)54)9-15-7-19(60(46,47)48)13-23(41)29(15)33(31)43)39-40(45)18-4-6-22(26(12-18)59-2)36-38-32-28(63(55,56)57)10-16-8-20(61(49,50)51)14-24(42)30(16)34(32)44;;;;/h3-14,36,41-42,45H,1-2H3,(H,46,47,48)(H,49,50,51)(H,52,53,54)(H,55,56,57);;;;/q;4*+1/p-4. The largest absolute Gasteiger partial charge is 1.00 e. The van der Waals surface area contributed by atoms with Crippen LogP contribution >= 0.6 is 0 Å². The molecule has 3 aromatic carbocycles. The Hall–Kier alpha value is -2.96. The zero-order valence-electron chi connectivity index (χ0n) is 35.2. The zero-order valence-corrected chi connectivity index (χ0v) is 46.4. The molecule has 0 atom stereocenters. The van der Waals surface area contributed by atoms with E-state index in [2.05, 4.69) is 25.8 Å². The number of Topliss-reactive ketones (excluding diaryl/α,β-unsaturated/α-hetero) is 2. The molecule has 3 aromatic rings. The first kappa shape index (κ1) is 60.2. The summed E-state index contributed by atoms with van der Waals surface area (Å²) in [5, 5.41) is 46.9. The molecule has 0 aliphatic heterocycles. The van der Waals surface area contributed by atoms with Gasteiger partial charge in [-0.25, -0.2) is 33.7 Å². The Morgan fingerprint density at radius 2 is 1.12 bits per heavy atom. The zero-order chi connectivity index (χ0) is 46.6. The fraction of sp³-hybridized carbons (Fsp3) is 0.0588. The Labute approximate surface area is 467 Å². The van der Waals surface area contributed by atoms with Gasteiger partial charge in [0.15, 0.2) is 5.71 Å². The number of fused-ring (bicyclic) bond motifs is 2. The van der Waals surface area contributed by atoms with Gasteiger partial charge in [0.05, 0.1) is 62.0 Å². The van der Waals surface area contributed by atoms with Crippen LogP contribution in [0.3, 0.4) is 0 Å². The SMILES string of the molecule is COC1=CC(=NN(O)c2ccc(NN=C3C(=O)c4c(O)cc(S(=O)(=O)[O-])cc4C=C3S(=O)(=O)[O-])c(OC)c2)C=CC1=NN=C1C(=O)c2c(O)cc(S(=O)(=O)[O-])cc2C=C1S(=O)(=O)[O-].[Na+].[Na+].[Na+].[Na+]. The molecular weight excluding hydrogens is 1020 g/mol. The second kappa shape index (κ2) is 22.9. The summed E-state index contributed by atoms with van der Waals surface area (Å²) >= 11 is 0. The van der Waals surface area contributed by atoms with Crippen LogP contribution in [0.25, 0.3) is 12.2 Å². The van der Waals surface area contributed by atoms with Gasteiger partial charge in [0, 0.05) is 12.1 Å². The molecule has 33 heteroatoms. The molecule has 0 spiro atoms. The number of hydrogen-bond donors (Lipinski definition) is 4. The first-order chi connectivity index (χ1) is 29.2. The van der Waals surface area contributed by atoms with Gasteiger partial charge in [-0.1, -0.05) is 0 Å². The van der Waals surface area contributed by atoms with Gasteiger partial charge in [0.1, 0.15) is 74.9 Å². The van der Waals surface area contributed by atoms with Crippen LogP contribution in [-0.4, -0.2) is 116 Å². The maximum Gasteiger partial charge on any atom is 1.00 e. The van der Waals surface area contributed by atoms with Crippen LogP contribution in [0.15, 0.2) is 106 Å². The van der Waals surface area contributed by atoms with E-state index in [4.69, 9.17) is 9.47 Å². The smallest absolute Gasteiger partial charge is 0.744 e. The number of methoxy groups -OCH3 is 2. The van der Waals surface area contributed by atoms with Crippen LogP contribution in [-0.2, 0) is 45.2 Å². The number of hydrazone groups is 2. The van der Waals surface area contributed by atoms with Gasteiger partial charge in [-0.15, -0.1) is 20.5 Å². The third kappa shape index (κ3) is 13.3. The summed E-state index contributed by atoms with van der Waals surface area (Å²) in [5.74, 6) is -5.08. The molecule has 3 aliphatic rings. The molecule has 0 bridgehead atoms. The van der Waals surface area contributed by atoms with E-state index in [0.717, 1.165) is 20.3 Å². The molecule has 3 aliphatic carbocycles. The summed E-state index contributed by atoms with van der Waals surface area (Å²) < 4.78 is 152. The summed E-state index contributed by atoms with van der Waals surface area (Å²) in [6, 6.07) is 5.65. The van der Waals surface area contributed by atoms with Crippen molar-refractivity contribution in [3.05, 3.63) is 98.5 Å². The minimum Gasteiger partial charge on any atom is -0.744 e. The van der Waals surface area contributed by atoms with Crippen LogP contribution in [0.1, 0.15) is 31.8 Å². The van der Waals surface area contributed by atoms with E-state index in [1.165, 1.54) is 30.4 Å². The Balaban J connectivity index is 0.00000385. The van der Waals surface area contributed by atoms with Gasteiger partial charge in [-0.2, -0.15) is 5.10 Å². The number of ketones is 2. The average molecular weight is 1040 g/mol. The molecule has 0 saturated heterocycles. The number of nitrogens with zero attached hydrogens (tertiary/aromatic N) is 5. The normalized spacial score (nSPS) is 17.1. The Kier molecular flexibility index (Phi) is 20.5. The third-order valence-corrected chi connectivity index (χ3v) is 11.9. The predicted molar refractivity (Wildman–Crippen MR) is 211 cm³/mol. The third-order valence-electron chi connectivity index (χ3n) is 8.62.